The number of nitrogens with zero attached hydrogens (tertiary/aromatic N) is 1. The zero-order valence-corrected chi connectivity index (χ0v) is 22.3. The van der Waals surface area contributed by atoms with E-state index in [1.54, 1.807) is 42.5 Å². The number of likely N-dealkylation sites (tertiary alicyclic amines) is 1. The molecular formula is C28H29ClN2O6S. The zero-order chi connectivity index (χ0) is 27.0. The second-order valence-electron chi connectivity index (χ2n) is 9.12. The largest absolute Gasteiger partial charge is 0.488 e. The van der Waals surface area contributed by atoms with E-state index in [0.717, 1.165) is 11.1 Å². The standard InChI is InChI=1S/C28H29ClN2O6S/c29-24-14-12-22(13-15-24)18-36-26-11-5-4-10-25(26)27(32)30-38(34,35)20-23-9-6-16-31(17-23)28(33)37-19-21-7-2-1-3-8-21/h1-5,7-8,10-15,23H,6,9,16-20H2,(H,30,32). The van der Waals surface area contributed by atoms with E-state index in [4.69, 9.17) is 21.1 Å². The fraction of sp³-hybridized carbons (Fsp3) is 0.286. The van der Waals surface area contributed by atoms with E-state index in [9.17, 15) is 18.0 Å². The molecule has 1 aliphatic rings. The van der Waals surface area contributed by atoms with Gasteiger partial charge >= 0.3 is 6.09 Å². The van der Waals surface area contributed by atoms with Crippen LogP contribution in [0.2, 0.25) is 5.02 Å². The van der Waals surface area contributed by atoms with Crippen LogP contribution >= 0.6 is 11.6 Å². The van der Waals surface area contributed by atoms with Crippen LogP contribution in [0, 0.1) is 5.92 Å². The summed E-state index contributed by atoms with van der Waals surface area (Å²) in [5.74, 6) is -1.11. The second kappa shape index (κ2) is 12.8. The molecule has 1 saturated heterocycles. The van der Waals surface area contributed by atoms with Gasteiger partial charge in [0.25, 0.3) is 5.91 Å². The molecule has 0 aromatic heterocycles. The van der Waals surface area contributed by atoms with Crippen LogP contribution in [0.1, 0.15) is 34.3 Å². The summed E-state index contributed by atoms with van der Waals surface area (Å²) >= 11 is 5.91. The van der Waals surface area contributed by atoms with Crippen molar-refractivity contribution in [3.05, 3.63) is 101 Å². The van der Waals surface area contributed by atoms with Crippen molar-refractivity contribution in [2.75, 3.05) is 18.8 Å². The Kier molecular flexibility index (Phi) is 9.25. The molecule has 3 aromatic carbocycles. The van der Waals surface area contributed by atoms with Crippen LogP contribution in [0.3, 0.4) is 0 Å². The van der Waals surface area contributed by atoms with Crippen molar-refractivity contribution in [3.63, 3.8) is 0 Å². The van der Waals surface area contributed by atoms with Crippen molar-refractivity contribution in [1.82, 2.24) is 9.62 Å². The quantitative estimate of drug-likeness (QED) is 0.397. The number of hydrogen-bond donors (Lipinski definition) is 1. The number of para-hydroxylation sites is 1. The number of rotatable bonds is 9. The molecule has 1 N–H and O–H groups in total. The highest BCUT2D eigenvalue weighted by molar-refractivity contribution is 7.90. The Morgan fingerprint density at radius 2 is 1.61 bits per heavy atom. The summed E-state index contributed by atoms with van der Waals surface area (Å²) in [4.78, 5) is 26.9. The van der Waals surface area contributed by atoms with Gasteiger partial charge < -0.3 is 14.4 Å². The molecule has 3 aromatic rings. The van der Waals surface area contributed by atoms with Crippen LogP contribution in [-0.2, 0) is 28.0 Å². The van der Waals surface area contributed by atoms with E-state index in [2.05, 4.69) is 4.72 Å². The summed E-state index contributed by atoms with van der Waals surface area (Å²) in [5, 5.41) is 0.601. The summed E-state index contributed by atoms with van der Waals surface area (Å²) < 4.78 is 39.1. The summed E-state index contributed by atoms with van der Waals surface area (Å²) in [6.07, 6.45) is 0.792. The topological polar surface area (TPSA) is 102 Å². The lowest BCUT2D eigenvalue weighted by atomic mass is 10.0. The predicted molar refractivity (Wildman–Crippen MR) is 144 cm³/mol. The second-order valence-corrected chi connectivity index (χ2v) is 11.3. The molecule has 2 amide bonds. The van der Waals surface area contributed by atoms with Gasteiger partial charge in [0.2, 0.25) is 10.0 Å². The van der Waals surface area contributed by atoms with Crippen molar-refractivity contribution in [2.45, 2.75) is 26.1 Å². The number of amides is 2. The Hall–Kier alpha value is -3.56. The van der Waals surface area contributed by atoms with E-state index < -0.39 is 22.0 Å². The maximum Gasteiger partial charge on any atom is 0.410 e. The highest BCUT2D eigenvalue weighted by Crippen LogP contribution is 2.22. The average Bonchev–Trinajstić information content (AvgIpc) is 2.91. The molecule has 1 atom stereocenters. The summed E-state index contributed by atoms with van der Waals surface area (Å²) in [5.41, 5.74) is 1.83. The minimum Gasteiger partial charge on any atom is -0.488 e. The van der Waals surface area contributed by atoms with E-state index >= 15 is 0 Å². The first-order valence-corrected chi connectivity index (χ1v) is 14.3. The SMILES string of the molecule is O=C(NS(=O)(=O)CC1CCCN(C(=O)OCc2ccccc2)C1)c1ccccc1OCc1ccc(Cl)cc1. The number of carbonyl (C=O) groups is 2. The lowest BCUT2D eigenvalue weighted by Gasteiger charge is -2.31. The Morgan fingerprint density at radius 1 is 0.921 bits per heavy atom. The maximum absolute atomic E-state index is 12.9. The van der Waals surface area contributed by atoms with Crippen molar-refractivity contribution >= 4 is 33.6 Å². The molecule has 38 heavy (non-hydrogen) atoms. The van der Waals surface area contributed by atoms with E-state index in [1.165, 1.54) is 11.0 Å². The molecular weight excluding hydrogens is 528 g/mol. The molecule has 0 spiro atoms. The van der Waals surface area contributed by atoms with Crippen LogP contribution < -0.4 is 9.46 Å². The highest BCUT2D eigenvalue weighted by Gasteiger charge is 2.29. The number of hydrogen-bond acceptors (Lipinski definition) is 6. The van der Waals surface area contributed by atoms with Gasteiger partial charge in [0, 0.05) is 18.1 Å². The minimum absolute atomic E-state index is 0.111. The Morgan fingerprint density at radius 3 is 2.37 bits per heavy atom. The minimum atomic E-state index is -3.97. The van der Waals surface area contributed by atoms with Gasteiger partial charge in [-0.1, -0.05) is 66.2 Å². The fourth-order valence-electron chi connectivity index (χ4n) is 4.25. The monoisotopic (exact) mass is 556 g/mol. The van der Waals surface area contributed by atoms with E-state index in [0.29, 0.717) is 24.4 Å². The van der Waals surface area contributed by atoms with Gasteiger partial charge in [-0.3, -0.25) is 4.79 Å². The van der Waals surface area contributed by atoms with E-state index in [-0.39, 0.29) is 42.7 Å². The normalized spacial score (nSPS) is 15.5. The number of sulfonamides is 1. The molecule has 0 bridgehead atoms. The average molecular weight is 557 g/mol. The van der Waals surface area contributed by atoms with E-state index in [1.807, 2.05) is 30.3 Å². The predicted octanol–water partition coefficient (Wildman–Crippen LogP) is 5.03. The van der Waals surface area contributed by atoms with Gasteiger partial charge in [-0.15, -0.1) is 0 Å². The van der Waals surface area contributed by atoms with Gasteiger partial charge in [0.15, 0.2) is 0 Å². The van der Waals surface area contributed by atoms with Crippen LogP contribution in [0.5, 0.6) is 5.75 Å². The Labute approximate surface area is 227 Å². The first-order chi connectivity index (χ1) is 18.3. The third-order valence-electron chi connectivity index (χ3n) is 6.12. The van der Waals surface area contributed by atoms with Crippen LogP contribution in [0.15, 0.2) is 78.9 Å². The molecule has 10 heteroatoms. The number of piperidine rings is 1. The van der Waals surface area contributed by atoms with Gasteiger partial charge in [-0.2, -0.15) is 0 Å². The third-order valence-corrected chi connectivity index (χ3v) is 7.78. The Bertz CT molecular complexity index is 1350. The molecule has 1 heterocycles. The molecule has 200 valence electrons. The van der Waals surface area contributed by atoms with Crippen LogP contribution in [0.4, 0.5) is 4.79 Å². The summed E-state index contributed by atoms with van der Waals surface area (Å²) in [7, 11) is -3.97. The van der Waals surface area contributed by atoms with Gasteiger partial charge in [-0.25, -0.2) is 17.9 Å². The van der Waals surface area contributed by atoms with Crippen LogP contribution in [-0.4, -0.2) is 44.2 Å². The molecule has 0 aliphatic carbocycles. The highest BCUT2D eigenvalue weighted by atomic mass is 35.5. The fourth-order valence-corrected chi connectivity index (χ4v) is 5.74. The van der Waals surface area contributed by atoms with Gasteiger partial charge in [0.1, 0.15) is 19.0 Å². The molecule has 1 fully saturated rings. The molecule has 0 saturated carbocycles. The van der Waals surface area contributed by atoms with Crippen molar-refractivity contribution in [2.24, 2.45) is 5.92 Å². The first kappa shape index (κ1) is 27.5. The summed E-state index contributed by atoms with van der Waals surface area (Å²) in [6.45, 7) is 1.07. The number of halogens is 1. The smallest absolute Gasteiger partial charge is 0.410 e. The molecule has 1 aliphatic heterocycles. The van der Waals surface area contributed by atoms with Crippen LogP contribution in [0.25, 0.3) is 0 Å². The first-order valence-electron chi connectivity index (χ1n) is 12.3. The van der Waals surface area contributed by atoms with Crippen molar-refractivity contribution < 1.29 is 27.5 Å². The number of carbonyl (C=O) groups excluding carboxylic acids is 2. The molecule has 1 unspecified atom stereocenters. The molecule has 4 rings (SSSR count). The van der Waals surface area contributed by atoms with Crippen molar-refractivity contribution in [3.8, 4) is 5.75 Å². The number of nitrogens with one attached hydrogen (secondary N) is 1. The molecule has 0 radical (unpaired) electrons. The summed E-state index contributed by atoms with van der Waals surface area (Å²) in [6, 6.07) is 22.9. The Balaban J connectivity index is 1.32. The number of benzene rings is 3. The molecule has 8 nitrogen and oxygen atoms in total. The maximum atomic E-state index is 12.9. The van der Waals surface area contributed by atoms with Gasteiger partial charge in [-0.05, 0) is 54.2 Å². The lowest BCUT2D eigenvalue weighted by molar-refractivity contribution is 0.0811. The van der Waals surface area contributed by atoms with Gasteiger partial charge in [0.05, 0.1) is 11.3 Å². The zero-order valence-electron chi connectivity index (χ0n) is 20.7. The third kappa shape index (κ3) is 7.97. The lowest BCUT2D eigenvalue weighted by Crippen LogP contribution is -2.44. The van der Waals surface area contributed by atoms with Crippen molar-refractivity contribution in [1.29, 1.82) is 0 Å². The number of ether oxygens (including phenoxy) is 2.